The number of nitrogens with one attached hydrogen (secondary N) is 1. The number of halogens is 2. The van der Waals surface area contributed by atoms with E-state index in [9.17, 15) is 9.18 Å². The van der Waals surface area contributed by atoms with Crippen LogP contribution >= 0.6 is 23.4 Å². The number of nitrogens with two attached hydrogens (primary N) is 2. The van der Waals surface area contributed by atoms with Crippen LogP contribution in [0.3, 0.4) is 0 Å². The predicted octanol–water partition coefficient (Wildman–Crippen LogP) is 2.09. The molecule has 0 atom stereocenters. The Kier molecular flexibility index (Phi) is 4.24. The van der Waals surface area contributed by atoms with Crippen molar-refractivity contribution in [3.05, 3.63) is 27.4 Å². The van der Waals surface area contributed by atoms with E-state index < -0.39 is 5.82 Å². The summed E-state index contributed by atoms with van der Waals surface area (Å²) in [5.74, 6) is -0.715. The first-order valence-electron chi connectivity index (χ1n) is 5.81. The van der Waals surface area contributed by atoms with E-state index in [1.807, 2.05) is 6.92 Å². The Labute approximate surface area is 123 Å². The van der Waals surface area contributed by atoms with Crippen LogP contribution in [0.15, 0.2) is 20.9 Å². The first kappa shape index (κ1) is 14.7. The van der Waals surface area contributed by atoms with Crippen molar-refractivity contribution in [1.29, 1.82) is 0 Å². The number of anilines is 2. The fourth-order valence-electron chi connectivity index (χ4n) is 1.65. The van der Waals surface area contributed by atoms with Gasteiger partial charge >= 0.3 is 5.69 Å². The van der Waals surface area contributed by atoms with Crippen LogP contribution in [0, 0.1) is 5.82 Å². The highest BCUT2D eigenvalue weighted by molar-refractivity contribution is 7.99. The standard InChI is InChI=1S/C11H13ClFN5OS/c1-2-3-18-10(19)16-17-11(18)20-9-6(15)4-5(14)7(12)8(9)13/h4H,2-3,14-15H2,1H3,(H,16,19). The van der Waals surface area contributed by atoms with E-state index in [2.05, 4.69) is 10.2 Å². The largest absolute Gasteiger partial charge is 0.398 e. The van der Waals surface area contributed by atoms with Gasteiger partial charge in [0, 0.05) is 6.54 Å². The van der Waals surface area contributed by atoms with E-state index in [1.165, 1.54) is 10.6 Å². The topological polar surface area (TPSA) is 103 Å². The first-order valence-corrected chi connectivity index (χ1v) is 7.01. The molecule has 20 heavy (non-hydrogen) atoms. The molecule has 6 nitrogen and oxygen atoms in total. The molecule has 108 valence electrons. The van der Waals surface area contributed by atoms with Crippen molar-refractivity contribution in [2.24, 2.45) is 0 Å². The summed E-state index contributed by atoms with van der Waals surface area (Å²) in [6, 6.07) is 1.38. The van der Waals surface area contributed by atoms with Crippen molar-refractivity contribution in [3.8, 4) is 0 Å². The number of hydrogen-bond acceptors (Lipinski definition) is 5. The lowest BCUT2D eigenvalue weighted by atomic mass is 10.3. The molecule has 0 aliphatic carbocycles. The summed E-state index contributed by atoms with van der Waals surface area (Å²) in [7, 11) is 0. The van der Waals surface area contributed by atoms with Gasteiger partial charge < -0.3 is 11.5 Å². The third-order valence-corrected chi connectivity index (χ3v) is 4.08. The fourth-order valence-corrected chi connectivity index (χ4v) is 2.78. The van der Waals surface area contributed by atoms with Crippen molar-refractivity contribution < 1.29 is 4.39 Å². The molecular weight excluding hydrogens is 305 g/mol. The summed E-state index contributed by atoms with van der Waals surface area (Å²) in [5.41, 5.74) is 11.1. The number of hydrogen-bond donors (Lipinski definition) is 3. The Balaban J connectivity index is 2.46. The zero-order valence-corrected chi connectivity index (χ0v) is 12.2. The molecule has 1 aromatic carbocycles. The quantitative estimate of drug-likeness (QED) is 0.749. The predicted molar refractivity (Wildman–Crippen MR) is 77.5 cm³/mol. The van der Waals surface area contributed by atoms with E-state index in [0.29, 0.717) is 11.7 Å². The van der Waals surface area contributed by atoms with Gasteiger partial charge in [-0.05, 0) is 24.2 Å². The summed E-state index contributed by atoms with van der Waals surface area (Å²) in [5, 5.41) is 6.31. The molecule has 0 saturated carbocycles. The van der Waals surface area contributed by atoms with Gasteiger partial charge in [-0.15, -0.1) is 5.10 Å². The minimum atomic E-state index is -0.715. The molecule has 0 unspecified atom stereocenters. The lowest BCUT2D eigenvalue weighted by Crippen LogP contribution is -2.17. The zero-order chi connectivity index (χ0) is 14.9. The highest BCUT2D eigenvalue weighted by atomic mass is 35.5. The molecule has 0 radical (unpaired) electrons. The third-order valence-electron chi connectivity index (χ3n) is 2.58. The maximum absolute atomic E-state index is 14.1. The number of benzene rings is 1. The van der Waals surface area contributed by atoms with Gasteiger partial charge in [0.25, 0.3) is 0 Å². The van der Waals surface area contributed by atoms with E-state index in [1.54, 1.807) is 0 Å². The second-order valence-corrected chi connectivity index (χ2v) is 5.43. The molecule has 0 fully saturated rings. The van der Waals surface area contributed by atoms with Gasteiger partial charge in [0.05, 0.1) is 16.3 Å². The van der Waals surface area contributed by atoms with Crippen molar-refractivity contribution in [2.45, 2.75) is 29.9 Å². The molecule has 1 heterocycles. The van der Waals surface area contributed by atoms with Crippen molar-refractivity contribution >= 4 is 34.7 Å². The SMILES string of the molecule is CCCn1c(Sc2c(N)cc(N)c(Cl)c2F)n[nH]c1=O. The van der Waals surface area contributed by atoms with Crippen LogP contribution in [-0.4, -0.2) is 14.8 Å². The molecule has 2 rings (SSSR count). The van der Waals surface area contributed by atoms with Gasteiger partial charge in [0.2, 0.25) is 0 Å². The van der Waals surface area contributed by atoms with Gasteiger partial charge in [-0.1, -0.05) is 18.5 Å². The molecule has 5 N–H and O–H groups in total. The average Bonchev–Trinajstić information content (AvgIpc) is 2.74. The molecule has 9 heteroatoms. The van der Waals surface area contributed by atoms with E-state index in [0.717, 1.165) is 18.2 Å². The highest BCUT2D eigenvalue weighted by Crippen LogP contribution is 2.38. The Bertz CT molecular complexity index is 699. The minimum Gasteiger partial charge on any atom is -0.398 e. The average molecular weight is 318 g/mol. The Hall–Kier alpha value is -1.67. The summed E-state index contributed by atoms with van der Waals surface area (Å²) < 4.78 is 15.5. The molecule has 0 saturated heterocycles. The summed E-state index contributed by atoms with van der Waals surface area (Å²) in [4.78, 5) is 11.7. The number of nitrogens with zero attached hydrogens (tertiary/aromatic N) is 2. The number of rotatable bonds is 4. The van der Waals surface area contributed by atoms with E-state index in [4.69, 9.17) is 23.1 Å². The van der Waals surface area contributed by atoms with Crippen LogP contribution in [0.25, 0.3) is 0 Å². The summed E-state index contributed by atoms with van der Waals surface area (Å²) in [6.45, 7) is 2.39. The third kappa shape index (κ3) is 2.61. The molecule has 0 spiro atoms. The number of H-pyrrole nitrogens is 1. The fraction of sp³-hybridized carbons (Fsp3) is 0.273. The van der Waals surface area contributed by atoms with Crippen molar-refractivity contribution in [3.63, 3.8) is 0 Å². The van der Waals surface area contributed by atoms with Crippen LogP contribution in [0.1, 0.15) is 13.3 Å². The summed E-state index contributed by atoms with van der Waals surface area (Å²) in [6.07, 6.45) is 0.744. The van der Waals surface area contributed by atoms with Gasteiger partial charge in [0.15, 0.2) is 11.0 Å². The normalized spacial score (nSPS) is 10.9. The van der Waals surface area contributed by atoms with Crippen LogP contribution in [0.4, 0.5) is 15.8 Å². The monoisotopic (exact) mass is 317 g/mol. The smallest absolute Gasteiger partial charge is 0.343 e. The number of nitrogen functional groups attached to an aromatic ring is 2. The highest BCUT2D eigenvalue weighted by Gasteiger charge is 2.18. The van der Waals surface area contributed by atoms with Crippen LogP contribution in [0.5, 0.6) is 0 Å². The Morgan fingerprint density at radius 1 is 1.50 bits per heavy atom. The molecule has 0 aliphatic heterocycles. The molecule has 0 amide bonds. The number of aromatic nitrogens is 3. The maximum Gasteiger partial charge on any atom is 0.343 e. The van der Waals surface area contributed by atoms with E-state index in [-0.39, 0.29) is 27.0 Å². The Morgan fingerprint density at radius 2 is 2.20 bits per heavy atom. The molecule has 2 aromatic rings. The second kappa shape index (κ2) is 5.76. The van der Waals surface area contributed by atoms with Crippen LogP contribution in [-0.2, 0) is 6.54 Å². The van der Waals surface area contributed by atoms with Crippen molar-refractivity contribution in [2.75, 3.05) is 11.5 Å². The van der Waals surface area contributed by atoms with E-state index >= 15 is 0 Å². The molecule has 0 bridgehead atoms. The minimum absolute atomic E-state index is 0.0685. The van der Waals surface area contributed by atoms with Gasteiger partial charge in [-0.3, -0.25) is 4.57 Å². The first-order chi connectivity index (χ1) is 9.45. The second-order valence-electron chi connectivity index (χ2n) is 4.08. The van der Waals surface area contributed by atoms with Crippen molar-refractivity contribution in [1.82, 2.24) is 14.8 Å². The number of aromatic amines is 1. The molecular formula is C11H13ClFN5OS. The lowest BCUT2D eigenvalue weighted by molar-refractivity contribution is 0.595. The van der Waals surface area contributed by atoms with Gasteiger partial charge in [-0.2, -0.15) is 0 Å². The molecule has 1 aromatic heterocycles. The van der Waals surface area contributed by atoms with Crippen LogP contribution in [0.2, 0.25) is 5.02 Å². The summed E-state index contributed by atoms with van der Waals surface area (Å²) >= 11 is 6.69. The lowest BCUT2D eigenvalue weighted by Gasteiger charge is -2.10. The Morgan fingerprint density at radius 3 is 2.85 bits per heavy atom. The maximum atomic E-state index is 14.1. The van der Waals surface area contributed by atoms with Gasteiger partial charge in [-0.25, -0.2) is 14.3 Å². The van der Waals surface area contributed by atoms with Crippen LogP contribution < -0.4 is 17.2 Å². The van der Waals surface area contributed by atoms with Gasteiger partial charge in [0.1, 0.15) is 5.02 Å². The molecule has 0 aliphatic rings. The zero-order valence-electron chi connectivity index (χ0n) is 10.6.